The quantitative estimate of drug-likeness (QED) is 0.298. The summed E-state index contributed by atoms with van der Waals surface area (Å²) in [5.41, 5.74) is 5.86. The number of aliphatic imine (C=N–C) groups is 1. The van der Waals surface area contributed by atoms with Crippen molar-refractivity contribution in [2.75, 3.05) is 46.8 Å². The Hall–Kier alpha value is -0.0800. The third-order valence-corrected chi connectivity index (χ3v) is 3.47. The summed E-state index contributed by atoms with van der Waals surface area (Å²) < 4.78 is 0. The van der Waals surface area contributed by atoms with Crippen LogP contribution in [0.15, 0.2) is 4.99 Å². The maximum atomic E-state index is 5.86. The van der Waals surface area contributed by atoms with Gasteiger partial charge in [-0.15, -0.1) is 24.0 Å². The molecule has 1 fully saturated rings. The summed E-state index contributed by atoms with van der Waals surface area (Å²) in [6.45, 7) is 7.36. The number of guanidine groups is 1. The number of nitrogens with one attached hydrogen (secondary N) is 1. The van der Waals surface area contributed by atoms with Gasteiger partial charge in [0.05, 0.1) is 6.54 Å². The summed E-state index contributed by atoms with van der Waals surface area (Å²) >= 11 is 0. The summed E-state index contributed by atoms with van der Waals surface area (Å²) in [4.78, 5) is 9.11. The Bertz CT molecular complexity index is 257. The van der Waals surface area contributed by atoms with Crippen LogP contribution in [0, 0.1) is 0 Å². The first-order valence-corrected chi connectivity index (χ1v) is 7.06. The van der Waals surface area contributed by atoms with Gasteiger partial charge in [-0.3, -0.25) is 9.89 Å². The average molecular weight is 383 g/mol. The van der Waals surface area contributed by atoms with Crippen LogP contribution in [0.4, 0.5) is 0 Å². The van der Waals surface area contributed by atoms with Gasteiger partial charge in [0.2, 0.25) is 0 Å². The predicted molar refractivity (Wildman–Crippen MR) is 93.3 cm³/mol. The van der Waals surface area contributed by atoms with Crippen LogP contribution in [0.1, 0.15) is 26.2 Å². The molecule has 0 aromatic heterocycles. The van der Waals surface area contributed by atoms with Gasteiger partial charge in [-0.05, 0) is 53.0 Å². The Kier molecular flexibility index (Phi) is 10.6. The first kappa shape index (κ1) is 18.9. The molecule has 0 radical (unpaired) electrons. The molecule has 5 nitrogen and oxygen atoms in total. The molecule has 1 heterocycles. The molecule has 0 amide bonds. The van der Waals surface area contributed by atoms with E-state index in [1.807, 2.05) is 0 Å². The highest BCUT2D eigenvalue weighted by atomic mass is 127. The lowest BCUT2D eigenvalue weighted by Crippen LogP contribution is -2.36. The monoisotopic (exact) mass is 383 g/mol. The molecule has 3 N–H and O–H groups in total. The maximum absolute atomic E-state index is 5.86. The zero-order valence-electron chi connectivity index (χ0n) is 12.6. The van der Waals surface area contributed by atoms with Crippen LogP contribution in [0.5, 0.6) is 0 Å². The molecule has 0 aromatic carbocycles. The zero-order valence-corrected chi connectivity index (χ0v) is 14.9. The topological polar surface area (TPSA) is 56.9 Å². The molecule has 1 atom stereocenters. The number of nitrogens with two attached hydrogens (primary N) is 1. The summed E-state index contributed by atoms with van der Waals surface area (Å²) in [5, 5.41) is 3.18. The van der Waals surface area contributed by atoms with E-state index in [9.17, 15) is 0 Å². The number of halogens is 1. The first-order chi connectivity index (χ1) is 8.63. The van der Waals surface area contributed by atoms with Crippen molar-refractivity contribution in [2.45, 2.75) is 32.2 Å². The molecule has 114 valence electrons. The van der Waals surface area contributed by atoms with Gasteiger partial charge in [-0.2, -0.15) is 0 Å². The SMILES string of the molecule is CCN1CCCC1CN=C(N)NCCCN(C)C.I. The Morgan fingerprint density at radius 3 is 2.84 bits per heavy atom. The molecule has 19 heavy (non-hydrogen) atoms. The minimum Gasteiger partial charge on any atom is -0.370 e. The van der Waals surface area contributed by atoms with Gasteiger partial charge >= 0.3 is 0 Å². The van der Waals surface area contributed by atoms with Gasteiger partial charge in [-0.1, -0.05) is 6.92 Å². The lowest BCUT2D eigenvalue weighted by molar-refractivity contribution is 0.273. The molecule has 1 unspecified atom stereocenters. The van der Waals surface area contributed by atoms with Crippen molar-refractivity contribution in [3.05, 3.63) is 0 Å². The number of rotatable bonds is 7. The van der Waals surface area contributed by atoms with Crippen LogP contribution in [-0.4, -0.2) is 68.6 Å². The second-order valence-electron chi connectivity index (χ2n) is 5.23. The van der Waals surface area contributed by atoms with E-state index in [1.165, 1.54) is 19.4 Å². The van der Waals surface area contributed by atoms with E-state index in [0.717, 1.165) is 32.6 Å². The third kappa shape index (κ3) is 7.94. The molecule has 0 aromatic rings. The smallest absolute Gasteiger partial charge is 0.188 e. The zero-order chi connectivity index (χ0) is 13.4. The highest BCUT2D eigenvalue weighted by Crippen LogP contribution is 2.16. The molecule has 0 saturated carbocycles. The number of hydrogen-bond donors (Lipinski definition) is 2. The molecule has 0 spiro atoms. The Labute approximate surface area is 135 Å². The van der Waals surface area contributed by atoms with Crippen LogP contribution in [0.2, 0.25) is 0 Å². The summed E-state index contributed by atoms with van der Waals surface area (Å²) in [7, 11) is 4.16. The molecule has 1 saturated heterocycles. The molecule has 6 heteroatoms. The minimum absolute atomic E-state index is 0. The van der Waals surface area contributed by atoms with E-state index in [2.05, 4.69) is 41.1 Å². The normalized spacial score (nSPS) is 20.6. The first-order valence-electron chi connectivity index (χ1n) is 7.06. The summed E-state index contributed by atoms with van der Waals surface area (Å²) in [6, 6.07) is 0.595. The number of likely N-dealkylation sites (N-methyl/N-ethyl adjacent to an activating group) is 1. The van der Waals surface area contributed by atoms with Crippen molar-refractivity contribution >= 4 is 29.9 Å². The van der Waals surface area contributed by atoms with Crippen LogP contribution in [0.3, 0.4) is 0 Å². The molecular weight excluding hydrogens is 353 g/mol. The van der Waals surface area contributed by atoms with E-state index >= 15 is 0 Å². The maximum Gasteiger partial charge on any atom is 0.188 e. The number of likely N-dealkylation sites (tertiary alicyclic amines) is 1. The lowest BCUT2D eigenvalue weighted by atomic mass is 10.2. The Morgan fingerprint density at radius 2 is 2.21 bits per heavy atom. The second-order valence-corrected chi connectivity index (χ2v) is 5.23. The van der Waals surface area contributed by atoms with Crippen LogP contribution in [0.25, 0.3) is 0 Å². The van der Waals surface area contributed by atoms with E-state index in [0.29, 0.717) is 12.0 Å². The fourth-order valence-electron chi connectivity index (χ4n) is 2.39. The highest BCUT2D eigenvalue weighted by molar-refractivity contribution is 14.0. The van der Waals surface area contributed by atoms with Crippen molar-refractivity contribution in [1.29, 1.82) is 0 Å². The molecule has 0 bridgehead atoms. The van der Waals surface area contributed by atoms with Gasteiger partial charge in [0.25, 0.3) is 0 Å². The summed E-state index contributed by atoms with van der Waals surface area (Å²) in [6.07, 6.45) is 3.64. The molecular formula is C13H30IN5. The van der Waals surface area contributed by atoms with Gasteiger partial charge in [0.1, 0.15) is 0 Å². The Morgan fingerprint density at radius 1 is 1.47 bits per heavy atom. The highest BCUT2D eigenvalue weighted by Gasteiger charge is 2.22. The van der Waals surface area contributed by atoms with Gasteiger partial charge in [0.15, 0.2) is 5.96 Å². The van der Waals surface area contributed by atoms with E-state index < -0.39 is 0 Å². The van der Waals surface area contributed by atoms with Gasteiger partial charge < -0.3 is 16.0 Å². The average Bonchev–Trinajstić information content (AvgIpc) is 2.79. The number of hydrogen-bond acceptors (Lipinski definition) is 3. The minimum atomic E-state index is 0. The van der Waals surface area contributed by atoms with Crippen LogP contribution in [-0.2, 0) is 0 Å². The lowest BCUT2D eigenvalue weighted by Gasteiger charge is -2.21. The third-order valence-electron chi connectivity index (χ3n) is 3.47. The van der Waals surface area contributed by atoms with Crippen molar-refractivity contribution in [2.24, 2.45) is 10.7 Å². The van der Waals surface area contributed by atoms with Crippen molar-refractivity contribution < 1.29 is 0 Å². The van der Waals surface area contributed by atoms with Gasteiger partial charge in [-0.25, -0.2) is 0 Å². The fraction of sp³-hybridized carbons (Fsp3) is 0.923. The molecule has 0 aliphatic carbocycles. The molecule has 1 aliphatic rings. The van der Waals surface area contributed by atoms with Crippen molar-refractivity contribution in [1.82, 2.24) is 15.1 Å². The standard InChI is InChI=1S/C13H29N5.HI/c1-4-18-10-5-7-12(18)11-16-13(14)15-8-6-9-17(2)3;/h12H,4-11H2,1-3H3,(H3,14,15,16);1H. The van der Waals surface area contributed by atoms with Crippen molar-refractivity contribution in [3.8, 4) is 0 Å². The van der Waals surface area contributed by atoms with E-state index in [-0.39, 0.29) is 24.0 Å². The van der Waals surface area contributed by atoms with E-state index in [1.54, 1.807) is 0 Å². The largest absolute Gasteiger partial charge is 0.370 e. The number of nitrogens with zero attached hydrogens (tertiary/aromatic N) is 3. The van der Waals surface area contributed by atoms with Gasteiger partial charge in [0, 0.05) is 12.6 Å². The summed E-state index contributed by atoms with van der Waals surface area (Å²) in [5.74, 6) is 0.594. The predicted octanol–water partition coefficient (Wildman–Crippen LogP) is 0.945. The second kappa shape index (κ2) is 10.7. The van der Waals surface area contributed by atoms with E-state index in [4.69, 9.17) is 5.73 Å². The van der Waals surface area contributed by atoms with Crippen LogP contribution >= 0.6 is 24.0 Å². The fourth-order valence-corrected chi connectivity index (χ4v) is 2.39. The molecule has 1 rings (SSSR count). The van der Waals surface area contributed by atoms with Crippen molar-refractivity contribution in [3.63, 3.8) is 0 Å². The van der Waals surface area contributed by atoms with Crippen LogP contribution < -0.4 is 11.1 Å². The molecule has 1 aliphatic heterocycles. The Balaban J connectivity index is 0.00000324.